The van der Waals surface area contributed by atoms with E-state index in [-0.39, 0.29) is 5.56 Å². The molecule has 0 spiro atoms. The van der Waals surface area contributed by atoms with Crippen molar-refractivity contribution in [3.05, 3.63) is 35.1 Å². The number of benzene rings is 1. The Morgan fingerprint density at radius 3 is 2.12 bits per heavy atom. The van der Waals surface area contributed by atoms with E-state index in [1.165, 1.54) is 0 Å². The minimum absolute atomic E-state index is 0.316. The van der Waals surface area contributed by atoms with Crippen molar-refractivity contribution < 1.29 is 26.3 Å². The lowest BCUT2D eigenvalue weighted by atomic mass is 9.96. The van der Waals surface area contributed by atoms with Gasteiger partial charge in [-0.2, -0.15) is 22.0 Å². The highest BCUT2D eigenvalue weighted by Gasteiger charge is 2.61. The summed E-state index contributed by atoms with van der Waals surface area (Å²) in [4.78, 5) is 0. The molecule has 0 aliphatic heterocycles. The lowest BCUT2D eigenvalue weighted by Gasteiger charge is -2.26. The van der Waals surface area contributed by atoms with Crippen LogP contribution in [0.2, 0.25) is 0 Å². The van der Waals surface area contributed by atoms with Gasteiger partial charge in [0.1, 0.15) is 11.9 Å². The molecule has 0 aromatic heterocycles. The third kappa shape index (κ3) is 2.38. The normalized spacial score (nSPS) is 14.8. The van der Waals surface area contributed by atoms with E-state index < -0.39 is 29.5 Å². The average Bonchev–Trinajstić information content (AvgIpc) is 2.19. The predicted octanol–water partition coefficient (Wildman–Crippen LogP) is 3.33. The average molecular weight is 257 g/mol. The predicted molar refractivity (Wildman–Crippen MR) is 49.1 cm³/mol. The van der Waals surface area contributed by atoms with E-state index in [1.807, 2.05) is 0 Å². The summed E-state index contributed by atoms with van der Waals surface area (Å²) in [6, 6.07) is 0.308. The first-order valence-corrected chi connectivity index (χ1v) is 4.54. The first-order valence-electron chi connectivity index (χ1n) is 4.54. The maximum atomic E-state index is 13.0. The monoisotopic (exact) mass is 257 g/mol. The standard InChI is InChI=1S/C10H9F6N/c1-5-6(3-2-4-7(5)11)8(17)9(12,13)10(14,15)16/h2-4,8H,17H2,1H3/t8-/m1/s1. The molecule has 0 saturated heterocycles. The van der Waals surface area contributed by atoms with E-state index in [0.717, 1.165) is 25.1 Å². The molecule has 0 heterocycles. The fraction of sp³-hybridized carbons (Fsp3) is 0.400. The first-order chi connectivity index (χ1) is 7.59. The Hall–Kier alpha value is -1.24. The van der Waals surface area contributed by atoms with E-state index in [9.17, 15) is 26.3 Å². The van der Waals surface area contributed by atoms with Crippen LogP contribution in [0.3, 0.4) is 0 Å². The molecule has 1 aromatic rings. The van der Waals surface area contributed by atoms with E-state index in [0.29, 0.717) is 0 Å². The summed E-state index contributed by atoms with van der Waals surface area (Å²) < 4.78 is 75.2. The molecule has 96 valence electrons. The van der Waals surface area contributed by atoms with Gasteiger partial charge in [0, 0.05) is 0 Å². The van der Waals surface area contributed by atoms with Crippen LogP contribution in [0.25, 0.3) is 0 Å². The molecule has 0 radical (unpaired) electrons. The zero-order valence-electron chi connectivity index (χ0n) is 8.65. The topological polar surface area (TPSA) is 26.0 Å². The summed E-state index contributed by atoms with van der Waals surface area (Å²) in [6.07, 6.45) is -5.77. The van der Waals surface area contributed by atoms with Crippen LogP contribution in [-0.4, -0.2) is 12.1 Å². The Balaban J connectivity index is 3.22. The lowest BCUT2D eigenvalue weighted by molar-refractivity contribution is -0.291. The Morgan fingerprint density at radius 2 is 1.65 bits per heavy atom. The summed E-state index contributed by atoms with van der Waals surface area (Å²) in [5.41, 5.74) is 4.01. The van der Waals surface area contributed by atoms with Gasteiger partial charge in [0.25, 0.3) is 0 Å². The first kappa shape index (κ1) is 13.8. The second-order valence-electron chi connectivity index (χ2n) is 3.55. The molecule has 0 amide bonds. The maximum Gasteiger partial charge on any atom is 0.455 e. The van der Waals surface area contributed by atoms with Gasteiger partial charge >= 0.3 is 12.1 Å². The summed E-state index contributed by atoms with van der Waals surface area (Å²) in [5, 5.41) is 0. The molecular formula is C10H9F6N. The van der Waals surface area contributed by atoms with Crippen molar-refractivity contribution in [2.24, 2.45) is 5.73 Å². The van der Waals surface area contributed by atoms with Crippen LogP contribution < -0.4 is 5.73 Å². The molecule has 0 aliphatic rings. The van der Waals surface area contributed by atoms with Gasteiger partial charge in [-0.1, -0.05) is 12.1 Å². The van der Waals surface area contributed by atoms with Crippen molar-refractivity contribution in [3.8, 4) is 0 Å². The Labute approximate surface area is 93.2 Å². The molecule has 0 bridgehead atoms. The van der Waals surface area contributed by atoms with Gasteiger partial charge in [0.05, 0.1) is 0 Å². The third-order valence-corrected chi connectivity index (χ3v) is 2.41. The van der Waals surface area contributed by atoms with Crippen LogP contribution in [0.1, 0.15) is 17.2 Å². The van der Waals surface area contributed by atoms with E-state index in [2.05, 4.69) is 0 Å². The molecule has 1 aromatic carbocycles. The number of nitrogens with two attached hydrogens (primary N) is 1. The molecule has 0 saturated carbocycles. The van der Waals surface area contributed by atoms with Crippen molar-refractivity contribution in [2.75, 3.05) is 0 Å². The fourth-order valence-corrected chi connectivity index (χ4v) is 1.33. The second kappa shape index (κ2) is 4.21. The van der Waals surface area contributed by atoms with Crippen LogP contribution in [-0.2, 0) is 0 Å². The van der Waals surface area contributed by atoms with Gasteiger partial charge in [-0.05, 0) is 24.1 Å². The summed E-state index contributed by atoms with van der Waals surface area (Å²) in [6.45, 7) is 1.09. The smallest absolute Gasteiger partial charge is 0.319 e. The van der Waals surface area contributed by atoms with Gasteiger partial charge in [0.15, 0.2) is 0 Å². The summed E-state index contributed by atoms with van der Waals surface area (Å²) >= 11 is 0. The minimum atomic E-state index is -5.77. The Bertz CT molecular complexity index is 412. The van der Waals surface area contributed by atoms with Crippen molar-refractivity contribution in [3.63, 3.8) is 0 Å². The van der Waals surface area contributed by atoms with Crippen LogP contribution in [0.5, 0.6) is 0 Å². The van der Waals surface area contributed by atoms with Crippen LogP contribution in [0, 0.1) is 12.7 Å². The minimum Gasteiger partial charge on any atom is -0.319 e. The quantitative estimate of drug-likeness (QED) is 0.808. The van der Waals surface area contributed by atoms with Gasteiger partial charge in [-0.3, -0.25) is 0 Å². The van der Waals surface area contributed by atoms with Gasteiger partial charge in [-0.25, -0.2) is 4.39 Å². The molecule has 1 rings (SSSR count). The second-order valence-corrected chi connectivity index (χ2v) is 3.55. The number of alkyl halides is 5. The lowest BCUT2D eigenvalue weighted by Crippen LogP contribution is -2.46. The molecule has 0 fully saturated rings. The van der Waals surface area contributed by atoms with Crippen molar-refractivity contribution in [2.45, 2.75) is 25.1 Å². The highest BCUT2D eigenvalue weighted by Crippen LogP contribution is 2.43. The Kier molecular flexibility index (Phi) is 3.42. The zero-order chi connectivity index (χ0) is 13.4. The van der Waals surface area contributed by atoms with E-state index >= 15 is 0 Å². The maximum absolute atomic E-state index is 13.0. The molecule has 2 N–H and O–H groups in total. The molecular weight excluding hydrogens is 248 g/mol. The largest absolute Gasteiger partial charge is 0.455 e. The molecule has 1 atom stereocenters. The summed E-state index contributed by atoms with van der Waals surface area (Å²) in [7, 11) is 0. The Morgan fingerprint density at radius 1 is 1.12 bits per heavy atom. The number of hydrogen-bond acceptors (Lipinski definition) is 1. The van der Waals surface area contributed by atoms with Crippen LogP contribution in [0.15, 0.2) is 18.2 Å². The third-order valence-electron chi connectivity index (χ3n) is 2.41. The van der Waals surface area contributed by atoms with Gasteiger partial charge < -0.3 is 5.73 Å². The van der Waals surface area contributed by atoms with E-state index in [1.54, 1.807) is 0 Å². The molecule has 0 unspecified atom stereocenters. The summed E-state index contributed by atoms with van der Waals surface area (Å²) in [5.74, 6) is -5.98. The van der Waals surface area contributed by atoms with Crippen molar-refractivity contribution >= 4 is 0 Å². The van der Waals surface area contributed by atoms with Gasteiger partial charge in [0.2, 0.25) is 0 Å². The van der Waals surface area contributed by atoms with Gasteiger partial charge in [-0.15, -0.1) is 0 Å². The fourth-order valence-electron chi connectivity index (χ4n) is 1.33. The van der Waals surface area contributed by atoms with Crippen LogP contribution in [0.4, 0.5) is 26.3 Å². The number of rotatable bonds is 2. The zero-order valence-corrected chi connectivity index (χ0v) is 8.65. The molecule has 7 heteroatoms. The number of halogens is 6. The number of hydrogen-bond donors (Lipinski definition) is 1. The van der Waals surface area contributed by atoms with Crippen LogP contribution >= 0.6 is 0 Å². The van der Waals surface area contributed by atoms with E-state index in [4.69, 9.17) is 5.73 Å². The molecule has 17 heavy (non-hydrogen) atoms. The molecule has 1 nitrogen and oxygen atoms in total. The highest BCUT2D eigenvalue weighted by atomic mass is 19.4. The van der Waals surface area contributed by atoms with Crippen molar-refractivity contribution in [1.29, 1.82) is 0 Å². The SMILES string of the molecule is Cc1c(F)cccc1[C@@H](N)C(F)(F)C(F)(F)F. The molecule has 0 aliphatic carbocycles. The highest BCUT2D eigenvalue weighted by molar-refractivity contribution is 5.31. The van der Waals surface area contributed by atoms with Crippen molar-refractivity contribution in [1.82, 2.24) is 0 Å².